The Labute approximate surface area is 122 Å². The molecule has 0 heterocycles. The van der Waals surface area contributed by atoms with Crippen molar-refractivity contribution >= 4 is 25.1 Å². The number of hydrogen-bond donors (Lipinski definition) is 6. The van der Waals surface area contributed by atoms with Crippen molar-refractivity contribution in [2.45, 2.75) is 37.4 Å². The maximum Gasteiger partial charge on any atom is 0.470 e. The Balaban J connectivity index is 3.14. The van der Waals surface area contributed by atoms with Gasteiger partial charge in [0.25, 0.3) is 0 Å². The van der Waals surface area contributed by atoms with Gasteiger partial charge in [-0.1, -0.05) is 6.92 Å². The standard InChI is InChI=1S/C7H17O11P3/c1-2-5(16-19)3(8)4(9)7(18-21(13,14)15)6(2)17-20(10,11)12/h2-9H,19H2,1H3,(H2,10,11,12)(H2,13,14,15). The maximum absolute atomic E-state index is 11.0. The van der Waals surface area contributed by atoms with E-state index in [1.807, 2.05) is 9.47 Å². The molecule has 14 heteroatoms. The van der Waals surface area contributed by atoms with Crippen LogP contribution >= 0.6 is 25.1 Å². The van der Waals surface area contributed by atoms with Gasteiger partial charge in [-0.2, -0.15) is 0 Å². The zero-order chi connectivity index (χ0) is 16.6. The lowest BCUT2D eigenvalue weighted by Gasteiger charge is -2.45. The maximum atomic E-state index is 11.0. The van der Waals surface area contributed by atoms with Gasteiger partial charge in [-0.3, -0.25) is 9.05 Å². The van der Waals surface area contributed by atoms with E-state index in [1.54, 1.807) is 0 Å². The Morgan fingerprint density at radius 1 is 0.857 bits per heavy atom. The van der Waals surface area contributed by atoms with Crippen LogP contribution in [0.5, 0.6) is 0 Å². The van der Waals surface area contributed by atoms with Crippen LogP contribution in [0.4, 0.5) is 0 Å². The minimum atomic E-state index is -5.11. The van der Waals surface area contributed by atoms with Crippen LogP contribution in [0.1, 0.15) is 6.92 Å². The van der Waals surface area contributed by atoms with Gasteiger partial charge in [0, 0.05) is 15.4 Å². The van der Waals surface area contributed by atoms with E-state index in [0.717, 1.165) is 0 Å². The van der Waals surface area contributed by atoms with E-state index in [-0.39, 0.29) is 0 Å². The van der Waals surface area contributed by atoms with Crippen LogP contribution in [0.25, 0.3) is 0 Å². The summed E-state index contributed by atoms with van der Waals surface area (Å²) in [5.74, 6) is -0.954. The van der Waals surface area contributed by atoms with Gasteiger partial charge in [0.2, 0.25) is 0 Å². The fourth-order valence-corrected chi connectivity index (χ4v) is 3.78. The van der Waals surface area contributed by atoms with Crippen molar-refractivity contribution in [2.75, 3.05) is 0 Å². The van der Waals surface area contributed by atoms with Crippen LogP contribution in [0, 0.1) is 5.92 Å². The molecule has 1 aliphatic rings. The van der Waals surface area contributed by atoms with Crippen LogP contribution in [-0.4, -0.2) is 60.3 Å². The quantitative estimate of drug-likeness (QED) is 0.309. The summed E-state index contributed by atoms with van der Waals surface area (Å²) in [7, 11) is -8.34. The Kier molecular flexibility index (Phi) is 6.49. The third kappa shape index (κ3) is 5.28. The van der Waals surface area contributed by atoms with Crippen LogP contribution in [0.3, 0.4) is 0 Å². The number of hydrogen-bond acceptors (Lipinski definition) is 7. The summed E-state index contributed by atoms with van der Waals surface area (Å²) in [6.45, 7) is 1.35. The number of aliphatic hydroxyl groups is 2. The zero-order valence-corrected chi connectivity index (χ0v) is 13.6. The first-order chi connectivity index (χ1) is 9.37. The van der Waals surface area contributed by atoms with Crippen molar-refractivity contribution < 1.29 is 52.5 Å². The van der Waals surface area contributed by atoms with E-state index in [0.29, 0.717) is 0 Å². The van der Waals surface area contributed by atoms with E-state index in [4.69, 9.17) is 24.1 Å². The molecule has 0 aromatic rings. The van der Waals surface area contributed by atoms with Gasteiger partial charge >= 0.3 is 15.6 Å². The second-order valence-corrected chi connectivity index (χ2v) is 7.22. The van der Waals surface area contributed by atoms with Gasteiger partial charge in [0.15, 0.2) is 0 Å². The third-order valence-electron chi connectivity index (χ3n) is 3.06. The molecule has 0 aromatic carbocycles. The van der Waals surface area contributed by atoms with E-state index >= 15 is 0 Å². The first-order valence-electron chi connectivity index (χ1n) is 5.57. The molecule has 1 aliphatic carbocycles. The van der Waals surface area contributed by atoms with Crippen molar-refractivity contribution in [3.05, 3.63) is 0 Å². The van der Waals surface area contributed by atoms with E-state index in [1.165, 1.54) is 6.92 Å². The average Bonchev–Trinajstić information content (AvgIpc) is 2.29. The summed E-state index contributed by atoms with van der Waals surface area (Å²) in [5.41, 5.74) is 0. The molecule has 126 valence electrons. The largest absolute Gasteiger partial charge is 0.470 e. The highest BCUT2D eigenvalue weighted by atomic mass is 31.2. The predicted octanol–water partition coefficient (Wildman–Crippen LogP) is -1.51. The van der Waals surface area contributed by atoms with Crippen LogP contribution < -0.4 is 0 Å². The molecule has 6 N–H and O–H groups in total. The van der Waals surface area contributed by atoms with Gasteiger partial charge in [-0.05, 0) is 0 Å². The molecule has 0 bridgehead atoms. The van der Waals surface area contributed by atoms with Crippen LogP contribution in [-0.2, 0) is 22.7 Å². The minimum absolute atomic E-state index is 0.954. The van der Waals surface area contributed by atoms with Gasteiger partial charge < -0.3 is 34.3 Å². The summed E-state index contributed by atoms with van der Waals surface area (Å²) in [5, 5.41) is 19.7. The first-order valence-corrected chi connectivity index (χ1v) is 9.10. The zero-order valence-electron chi connectivity index (χ0n) is 10.7. The molecule has 11 nitrogen and oxygen atoms in total. The molecule has 7 atom stereocenters. The van der Waals surface area contributed by atoms with Crippen molar-refractivity contribution in [2.24, 2.45) is 5.92 Å². The highest BCUT2D eigenvalue weighted by Crippen LogP contribution is 2.48. The first kappa shape index (κ1) is 19.6. The molecule has 0 aliphatic heterocycles. The lowest BCUT2D eigenvalue weighted by atomic mass is 9.79. The molecular weight excluding hydrogens is 353 g/mol. The average molecular weight is 370 g/mol. The van der Waals surface area contributed by atoms with Gasteiger partial charge in [0.05, 0.1) is 6.10 Å². The van der Waals surface area contributed by atoms with Crippen molar-refractivity contribution in [1.29, 1.82) is 0 Å². The second kappa shape index (κ2) is 6.97. The highest BCUT2D eigenvalue weighted by Gasteiger charge is 2.53. The molecule has 0 spiro atoms. The molecule has 1 rings (SSSR count). The van der Waals surface area contributed by atoms with Crippen molar-refractivity contribution in [1.82, 2.24) is 0 Å². The summed E-state index contributed by atoms with van der Waals surface area (Å²) in [4.78, 5) is 35.3. The van der Waals surface area contributed by atoms with Gasteiger partial charge in [-0.25, -0.2) is 9.13 Å². The Hall–Kier alpha value is 0.530. The molecule has 1 fully saturated rings. The molecular formula is C7H17O11P3. The monoisotopic (exact) mass is 370 g/mol. The Morgan fingerprint density at radius 2 is 1.24 bits per heavy atom. The molecule has 7 unspecified atom stereocenters. The summed E-state index contributed by atoms with van der Waals surface area (Å²) in [6.07, 6.45) is -8.10. The van der Waals surface area contributed by atoms with Gasteiger partial charge in [-0.15, -0.1) is 0 Å². The van der Waals surface area contributed by atoms with E-state index in [9.17, 15) is 19.3 Å². The predicted molar refractivity (Wildman–Crippen MR) is 69.6 cm³/mol. The highest BCUT2D eigenvalue weighted by molar-refractivity contribution is 7.46. The Bertz CT molecular complexity index is 445. The van der Waals surface area contributed by atoms with Crippen molar-refractivity contribution in [3.63, 3.8) is 0 Å². The van der Waals surface area contributed by atoms with E-state index < -0.39 is 52.1 Å². The number of aliphatic hydroxyl groups excluding tert-OH is 2. The third-order valence-corrected chi connectivity index (χ3v) is 4.41. The second-order valence-electron chi connectivity index (χ2n) is 4.56. The molecule has 0 saturated heterocycles. The smallest absolute Gasteiger partial charge is 0.388 e. The lowest BCUT2D eigenvalue weighted by molar-refractivity contribution is -0.184. The molecule has 1 saturated carbocycles. The summed E-state index contributed by atoms with van der Waals surface area (Å²) >= 11 is 0. The fraction of sp³-hybridized carbons (Fsp3) is 1.00. The SMILES string of the molecule is CC1C(OP)C(O)C(O)C(OP(=O)(O)O)C1OP(=O)(O)O. The van der Waals surface area contributed by atoms with Crippen LogP contribution in [0.2, 0.25) is 0 Å². The number of rotatable bonds is 5. The molecule has 21 heavy (non-hydrogen) atoms. The topological polar surface area (TPSA) is 183 Å². The summed E-state index contributed by atoms with van der Waals surface area (Å²) < 4.78 is 35.5. The number of phosphoric acid groups is 2. The molecule has 0 aromatic heterocycles. The molecule has 0 amide bonds. The lowest BCUT2D eigenvalue weighted by Crippen LogP contribution is -2.61. The normalized spacial score (nSPS) is 38.5. The van der Waals surface area contributed by atoms with Crippen LogP contribution in [0.15, 0.2) is 0 Å². The fourth-order valence-electron chi connectivity index (χ4n) is 2.18. The van der Waals surface area contributed by atoms with E-state index in [2.05, 4.69) is 9.05 Å². The van der Waals surface area contributed by atoms with Crippen molar-refractivity contribution in [3.8, 4) is 0 Å². The molecule has 0 radical (unpaired) electrons. The Morgan fingerprint density at radius 3 is 1.62 bits per heavy atom. The minimum Gasteiger partial charge on any atom is -0.388 e. The number of phosphoric ester groups is 2. The van der Waals surface area contributed by atoms with Gasteiger partial charge in [0.1, 0.15) is 24.4 Å². The summed E-state index contributed by atoms with van der Waals surface area (Å²) in [6, 6.07) is 0.